The van der Waals surface area contributed by atoms with Crippen molar-refractivity contribution in [1.29, 1.82) is 0 Å². The molecule has 0 saturated heterocycles. The first kappa shape index (κ1) is 57.8. The number of phosphoric acid groups is 1. The van der Waals surface area contributed by atoms with Crippen molar-refractivity contribution in [2.45, 2.75) is 251 Å². The number of hydrogen-bond donors (Lipinski definition) is 1. The van der Waals surface area contributed by atoms with Gasteiger partial charge in [-0.2, -0.15) is 0 Å². The molecule has 0 aromatic heterocycles. The van der Waals surface area contributed by atoms with Gasteiger partial charge in [-0.3, -0.25) is 18.6 Å². The molecule has 1 N–H and O–H groups in total. The molecule has 2 unspecified atom stereocenters. The highest BCUT2D eigenvalue weighted by atomic mass is 31.2. The fourth-order valence-electron chi connectivity index (χ4n) is 7.21. The maximum Gasteiger partial charge on any atom is 0.472 e. The topological polar surface area (TPSA) is 112 Å². The molecule has 0 bridgehead atoms. The third-order valence-electron chi connectivity index (χ3n) is 11.1. The molecule has 59 heavy (non-hydrogen) atoms. The summed E-state index contributed by atoms with van der Waals surface area (Å²) >= 11 is 0. The number of unbranched alkanes of at least 4 members (excludes halogenated alkanes) is 31. The first-order valence-corrected chi connectivity index (χ1v) is 26.5. The van der Waals surface area contributed by atoms with Crippen molar-refractivity contribution in [3.63, 3.8) is 0 Å². The Balaban J connectivity index is 4.17. The van der Waals surface area contributed by atoms with Crippen LogP contribution in [0.25, 0.3) is 0 Å². The minimum absolute atomic E-state index is 0.0105. The first-order chi connectivity index (χ1) is 28.7. The molecule has 0 rings (SSSR count). The number of likely N-dealkylation sites (N-methyl/N-ethyl adjacent to an activating group) is 1. The molecule has 0 radical (unpaired) electrons. The number of carbonyl (C=O) groups is 2. The van der Waals surface area contributed by atoms with E-state index in [9.17, 15) is 19.0 Å². The van der Waals surface area contributed by atoms with E-state index in [2.05, 4.69) is 26.0 Å². The summed E-state index contributed by atoms with van der Waals surface area (Å²) in [5.41, 5.74) is 0. The van der Waals surface area contributed by atoms with Gasteiger partial charge in [0, 0.05) is 19.4 Å². The summed E-state index contributed by atoms with van der Waals surface area (Å²) in [5, 5.41) is 0. The van der Waals surface area contributed by atoms with Crippen LogP contribution in [0.3, 0.4) is 0 Å². The van der Waals surface area contributed by atoms with Gasteiger partial charge in [0.05, 0.1) is 13.2 Å². The summed E-state index contributed by atoms with van der Waals surface area (Å²) in [4.78, 5) is 37.2. The summed E-state index contributed by atoms with van der Waals surface area (Å²) in [6, 6.07) is 0. The molecule has 0 aliphatic rings. The van der Waals surface area contributed by atoms with E-state index in [0.29, 0.717) is 19.4 Å². The minimum atomic E-state index is -4.36. The molecule has 0 heterocycles. The monoisotopic (exact) mass is 858 g/mol. The van der Waals surface area contributed by atoms with Gasteiger partial charge in [-0.25, -0.2) is 4.57 Å². The summed E-state index contributed by atoms with van der Waals surface area (Å²) in [6.45, 7) is 4.37. The SMILES string of the molecule is CCCCCCCC/C=C\CCCCCCCCCCCC(=O)OC(COC(=O)CCCCCCCCCCCCCCCCCCC)COP(=O)(O)OCCN(C)C. The number of esters is 2. The van der Waals surface area contributed by atoms with E-state index in [1.165, 1.54) is 180 Å². The highest BCUT2D eigenvalue weighted by Gasteiger charge is 2.26. The first-order valence-electron chi connectivity index (χ1n) is 25.0. The van der Waals surface area contributed by atoms with E-state index in [4.69, 9.17) is 18.5 Å². The largest absolute Gasteiger partial charge is 0.472 e. The van der Waals surface area contributed by atoms with Crippen molar-refractivity contribution in [2.24, 2.45) is 0 Å². The molecule has 0 amide bonds. The lowest BCUT2D eigenvalue weighted by Crippen LogP contribution is -2.29. The average Bonchev–Trinajstić information content (AvgIpc) is 3.20. The van der Waals surface area contributed by atoms with Gasteiger partial charge in [0.15, 0.2) is 6.10 Å². The Kier molecular flexibility index (Phi) is 43.8. The molecule has 2 atom stereocenters. The Morgan fingerprint density at radius 1 is 0.508 bits per heavy atom. The van der Waals surface area contributed by atoms with Crippen molar-refractivity contribution >= 4 is 19.8 Å². The van der Waals surface area contributed by atoms with Gasteiger partial charge >= 0.3 is 19.8 Å². The molecule has 0 aliphatic heterocycles. The standard InChI is InChI=1S/C49H96NO8P/c1-5-7-9-11-13-15-17-19-21-23-24-26-28-30-32-34-36-38-40-42-49(52)58-47(46-57-59(53,54)56-44-43-50(3)4)45-55-48(51)41-39-37-35-33-31-29-27-25-22-20-18-16-14-12-10-8-6-2/h19,21,47H,5-18,20,22-46H2,1-4H3,(H,53,54)/b21-19-. The van der Waals surface area contributed by atoms with Gasteiger partial charge in [-0.05, 0) is 52.6 Å². The number of nitrogens with zero attached hydrogens (tertiary/aromatic N) is 1. The van der Waals surface area contributed by atoms with E-state index in [-0.39, 0.29) is 25.6 Å². The van der Waals surface area contributed by atoms with Crippen LogP contribution in [0.4, 0.5) is 0 Å². The van der Waals surface area contributed by atoms with Gasteiger partial charge in [0.25, 0.3) is 0 Å². The number of rotatable bonds is 47. The fourth-order valence-corrected chi connectivity index (χ4v) is 7.96. The van der Waals surface area contributed by atoms with Crippen LogP contribution >= 0.6 is 7.82 Å². The van der Waals surface area contributed by atoms with Gasteiger partial charge in [-0.1, -0.05) is 206 Å². The second kappa shape index (κ2) is 44.8. The predicted molar refractivity (Wildman–Crippen MR) is 248 cm³/mol. The normalized spacial score (nSPS) is 13.3. The molecule has 0 fully saturated rings. The molecule has 9 nitrogen and oxygen atoms in total. The quantitative estimate of drug-likeness (QED) is 0.0277. The molecule has 0 aromatic carbocycles. The second-order valence-electron chi connectivity index (χ2n) is 17.4. The third kappa shape index (κ3) is 46.1. The molecule has 0 aromatic rings. The number of allylic oxidation sites excluding steroid dienone is 2. The zero-order valence-electron chi connectivity index (χ0n) is 39.2. The lowest BCUT2D eigenvalue weighted by molar-refractivity contribution is -0.161. The van der Waals surface area contributed by atoms with Crippen molar-refractivity contribution in [3.05, 3.63) is 12.2 Å². The zero-order valence-corrected chi connectivity index (χ0v) is 40.1. The highest BCUT2D eigenvalue weighted by Crippen LogP contribution is 2.43. The van der Waals surface area contributed by atoms with E-state index in [1.54, 1.807) is 0 Å². The Morgan fingerprint density at radius 3 is 1.25 bits per heavy atom. The van der Waals surface area contributed by atoms with Crippen LogP contribution in [0.15, 0.2) is 12.2 Å². The molecular formula is C49H96NO8P. The van der Waals surface area contributed by atoms with Crippen molar-refractivity contribution in [1.82, 2.24) is 4.90 Å². The third-order valence-corrected chi connectivity index (χ3v) is 12.1. The number of carbonyl (C=O) groups excluding carboxylic acids is 2. The van der Waals surface area contributed by atoms with Gasteiger partial charge in [0.2, 0.25) is 0 Å². The van der Waals surface area contributed by atoms with Crippen LogP contribution in [0.5, 0.6) is 0 Å². The van der Waals surface area contributed by atoms with E-state index in [0.717, 1.165) is 32.1 Å². The second-order valence-corrected chi connectivity index (χ2v) is 18.8. The molecule has 350 valence electrons. The van der Waals surface area contributed by atoms with Crippen LogP contribution in [-0.2, 0) is 32.7 Å². The lowest BCUT2D eigenvalue weighted by atomic mass is 10.0. The van der Waals surface area contributed by atoms with E-state index >= 15 is 0 Å². The van der Waals surface area contributed by atoms with Crippen molar-refractivity contribution in [2.75, 3.05) is 40.5 Å². The Labute approximate surface area is 364 Å². The summed E-state index contributed by atoms with van der Waals surface area (Å²) < 4.78 is 33.6. The number of hydrogen-bond acceptors (Lipinski definition) is 8. The van der Waals surface area contributed by atoms with Crippen molar-refractivity contribution in [3.8, 4) is 0 Å². The van der Waals surface area contributed by atoms with Gasteiger partial charge in [-0.15, -0.1) is 0 Å². The Hall–Kier alpha value is -1.25. The zero-order chi connectivity index (χ0) is 43.3. The molecule has 0 spiro atoms. The average molecular weight is 858 g/mol. The molecule has 10 heteroatoms. The molecule has 0 saturated carbocycles. The number of phosphoric ester groups is 1. The van der Waals surface area contributed by atoms with Crippen LogP contribution in [0, 0.1) is 0 Å². The summed E-state index contributed by atoms with van der Waals surface area (Å²) in [6.07, 6.45) is 46.8. The summed E-state index contributed by atoms with van der Waals surface area (Å²) in [7, 11) is -0.702. The Bertz CT molecular complexity index is 993. The maximum atomic E-state index is 12.7. The maximum absolute atomic E-state index is 12.7. The van der Waals surface area contributed by atoms with Crippen LogP contribution < -0.4 is 0 Å². The highest BCUT2D eigenvalue weighted by molar-refractivity contribution is 7.47. The molecular weight excluding hydrogens is 762 g/mol. The lowest BCUT2D eigenvalue weighted by Gasteiger charge is -2.20. The van der Waals surface area contributed by atoms with Crippen molar-refractivity contribution < 1.29 is 37.6 Å². The minimum Gasteiger partial charge on any atom is -0.462 e. The van der Waals surface area contributed by atoms with Gasteiger partial charge < -0.3 is 19.3 Å². The van der Waals surface area contributed by atoms with Crippen LogP contribution in [-0.4, -0.2) is 68.3 Å². The number of ether oxygens (including phenoxy) is 2. The summed E-state index contributed by atoms with van der Waals surface area (Å²) in [5.74, 6) is -0.790. The molecule has 0 aliphatic carbocycles. The predicted octanol–water partition coefficient (Wildman–Crippen LogP) is 14.8. The Morgan fingerprint density at radius 2 is 0.864 bits per heavy atom. The van der Waals surface area contributed by atoms with Gasteiger partial charge in [0.1, 0.15) is 6.61 Å². The van der Waals surface area contributed by atoms with Crippen LogP contribution in [0.1, 0.15) is 245 Å². The van der Waals surface area contributed by atoms with Crippen LogP contribution in [0.2, 0.25) is 0 Å². The van der Waals surface area contributed by atoms with E-state index in [1.807, 2.05) is 19.0 Å². The smallest absolute Gasteiger partial charge is 0.462 e. The van der Waals surface area contributed by atoms with E-state index < -0.39 is 26.5 Å². The fraction of sp³-hybridized carbons (Fsp3) is 0.918.